The predicted molar refractivity (Wildman–Crippen MR) is 84.1 cm³/mol. The van der Waals surface area contributed by atoms with E-state index in [1.807, 2.05) is 0 Å². The van der Waals surface area contributed by atoms with Crippen LogP contribution in [-0.2, 0) is 4.79 Å². The number of benzene rings is 1. The van der Waals surface area contributed by atoms with Crippen molar-refractivity contribution >= 4 is 35.6 Å². The van der Waals surface area contributed by atoms with Gasteiger partial charge in [0.1, 0.15) is 5.75 Å². The van der Waals surface area contributed by atoms with Crippen molar-refractivity contribution in [2.45, 2.75) is 25.8 Å². The van der Waals surface area contributed by atoms with E-state index in [0.29, 0.717) is 22.5 Å². The highest BCUT2D eigenvalue weighted by Crippen LogP contribution is 2.28. The molecular weight excluding hydrogens is 299 g/mol. The topological polar surface area (TPSA) is 50.4 Å². The Kier molecular flexibility index (Phi) is 6.59. The number of ether oxygens (including phenoxy) is 1. The largest absolute Gasteiger partial charge is 0.495 e. The zero-order chi connectivity index (χ0) is 13.8. The van der Waals surface area contributed by atoms with E-state index >= 15 is 0 Å². The molecule has 1 aliphatic heterocycles. The highest BCUT2D eigenvalue weighted by atomic mass is 35.5. The summed E-state index contributed by atoms with van der Waals surface area (Å²) in [5.41, 5.74) is 0.710. The first kappa shape index (κ1) is 17.1. The van der Waals surface area contributed by atoms with Gasteiger partial charge < -0.3 is 15.4 Å². The highest BCUT2D eigenvalue weighted by Gasteiger charge is 2.24. The molecule has 2 N–H and O–H groups in total. The fourth-order valence-corrected chi connectivity index (χ4v) is 2.62. The zero-order valence-corrected chi connectivity index (χ0v) is 13.2. The Hall–Kier alpha value is -0.970. The van der Waals surface area contributed by atoms with Crippen molar-refractivity contribution in [3.8, 4) is 5.75 Å². The van der Waals surface area contributed by atoms with E-state index in [1.165, 1.54) is 0 Å². The molecule has 0 bridgehead atoms. The van der Waals surface area contributed by atoms with Gasteiger partial charge in [0.25, 0.3) is 0 Å². The van der Waals surface area contributed by atoms with Crippen LogP contribution in [-0.4, -0.2) is 25.6 Å². The lowest BCUT2D eigenvalue weighted by molar-refractivity contribution is -0.120. The molecule has 0 aliphatic carbocycles. The Morgan fingerprint density at radius 3 is 2.85 bits per heavy atom. The Bertz CT molecular complexity index is 468. The maximum absolute atomic E-state index is 12.2. The quantitative estimate of drug-likeness (QED) is 0.900. The van der Waals surface area contributed by atoms with Gasteiger partial charge in [-0.05, 0) is 44.5 Å². The van der Waals surface area contributed by atoms with Crippen molar-refractivity contribution in [3.63, 3.8) is 0 Å². The van der Waals surface area contributed by atoms with Crippen LogP contribution < -0.4 is 15.4 Å². The first-order valence-electron chi connectivity index (χ1n) is 6.48. The predicted octanol–water partition coefficient (Wildman–Crippen LogP) is 3.10. The molecule has 6 heteroatoms. The zero-order valence-electron chi connectivity index (χ0n) is 11.6. The number of amides is 1. The van der Waals surface area contributed by atoms with Crippen LogP contribution in [0.5, 0.6) is 5.75 Å². The second kappa shape index (κ2) is 7.72. The lowest BCUT2D eigenvalue weighted by Crippen LogP contribution is -2.40. The SMILES string of the molecule is COc1ccc(NC(=O)[C@H]2CCN[C@@H](C)C2)cc1Cl.Cl. The molecule has 1 heterocycles. The fourth-order valence-electron chi connectivity index (χ4n) is 2.36. The molecular formula is C14H20Cl2N2O2. The van der Waals surface area contributed by atoms with Crippen LogP contribution in [0.1, 0.15) is 19.8 Å². The van der Waals surface area contributed by atoms with Gasteiger partial charge in [-0.25, -0.2) is 0 Å². The Balaban J connectivity index is 0.00000200. The summed E-state index contributed by atoms with van der Waals surface area (Å²) in [5, 5.41) is 6.75. The van der Waals surface area contributed by atoms with Crippen molar-refractivity contribution in [2.24, 2.45) is 5.92 Å². The number of methoxy groups -OCH3 is 1. The molecule has 112 valence electrons. The van der Waals surface area contributed by atoms with Gasteiger partial charge in [0.2, 0.25) is 5.91 Å². The molecule has 0 spiro atoms. The van der Waals surface area contributed by atoms with Gasteiger partial charge in [-0.15, -0.1) is 12.4 Å². The number of hydrogen-bond acceptors (Lipinski definition) is 3. The Labute approximate surface area is 130 Å². The number of anilines is 1. The molecule has 20 heavy (non-hydrogen) atoms. The molecule has 1 aliphatic rings. The number of piperidine rings is 1. The first-order chi connectivity index (χ1) is 9.10. The summed E-state index contributed by atoms with van der Waals surface area (Å²) < 4.78 is 5.08. The molecule has 1 aromatic rings. The number of rotatable bonds is 3. The standard InChI is InChI=1S/C14H19ClN2O2.ClH/c1-9-7-10(5-6-16-9)14(18)17-11-3-4-13(19-2)12(15)8-11;/h3-4,8-10,16H,5-7H2,1-2H3,(H,17,18);1H/t9-,10-;/m0./s1. The maximum Gasteiger partial charge on any atom is 0.227 e. The van der Waals surface area contributed by atoms with Crippen molar-refractivity contribution < 1.29 is 9.53 Å². The van der Waals surface area contributed by atoms with Crippen LogP contribution in [0.2, 0.25) is 5.02 Å². The van der Waals surface area contributed by atoms with Gasteiger partial charge in [-0.2, -0.15) is 0 Å². The third kappa shape index (κ3) is 4.27. The number of carbonyl (C=O) groups excluding carboxylic acids is 1. The van der Waals surface area contributed by atoms with Crippen molar-refractivity contribution in [2.75, 3.05) is 19.0 Å². The van der Waals surface area contributed by atoms with E-state index in [2.05, 4.69) is 17.6 Å². The normalized spacial score (nSPS) is 21.8. The number of halogens is 2. The molecule has 4 nitrogen and oxygen atoms in total. The molecule has 0 radical (unpaired) electrons. The molecule has 1 saturated heterocycles. The summed E-state index contributed by atoms with van der Waals surface area (Å²) in [4.78, 5) is 12.2. The number of nitrogens with one attached hydrogen (secondary N) is 2. The van der Waals surface area contributed by atoms with Crippen molar-refractivity contribution in [3.05, 3.63) is 23.2 Å². The summed E-state index contributed by atoms with van der Waals surface area (Å²) in [6.07, 6.45) is 1.75. The lowest BCUT2D eigenvalue weighted by Gasteiger charge is -2.27. The minimum atomic E-state index is 0. The van der Waals surface area contributed by atoms with Crippen molar-refractivity contribution in [1.82, 2.24) is 5.32 Å². The second-order valence-corrected chi connectivity index (χ2v) is 5.32. The van der Waals surface area contributed by atoms with Crippen LogP contribution in [0.25, 0.3) is 0 Å². The van der Waals surface area contributed by atoms with Gasteiger partial charge in [0.15, 0.2) is 0 Å². The Morgan fingerprint density at radius 1 is 1.50 bits per heavy atom. The van der Waals surface area contributed by atoms with Crippen LogP contribution >= 0.6 is 24.0 Å². The highest BCUT2D eigenvalue weighted by molar-refractivity contribution is 6.32. The van der Waals surface area contributed by atoms with E-state index < -0.39 is 0 Å². The van der Waals surface area contributed by atoms with E-state index in [4.69, 9.17) is 16.3 Å². The van der Waals surface area contributed by atoms with Gasteiger partial charge in [-0.3, -0.25) is 4.79 Å². The van der Waals surface area contributed by atoms with Crippen LogP contribution in [0, 0.1) is 5.92 Å². The molecule has 1 aromatic carbocycles. The van der Waals surface area contributed by atoms with E-state index in [0.717, 1.165) is 19.4 Å². The molecule has 0 saturated carbocycles. The number of hydrogen-bond donors (Lipinski definition) is 2. The van der Waals surface area contributed by atoms with Crippen LogP contribution in [0.4, 0.5) is 5.69 Å². The summed E-state index contributed by atoms with van der Waals surface area (Å²) in [6, 6.07) is 5.66. The van der Waals surface area contributed by atoms with Crippen LogP contribution in [0.15, 0.2) is 18.2 Å². The fraction of sp³-hybridized carbons (Fsp3) is 0.500. The van der Waals surface area contributed by atoms with Crippen molar-refractivity contribution in [1.29, 1.82) is 0 Å². The van der Waals surface area contributed by atoms with E-state index in [1.54, 1.807) is 25.3 Å². The minimum Gasteiger partial charge on any atom is -0.495 e. The van der Waals surface area contributed by atoms with Crippen LogP contribution in [0.3, 0.4) is 0 Å². The Morgan fingerprint density at radius 2 is 2.25 bits per heavy atom. The molecule has 1 amide bonds. The minimum absolute atomic E-state index is 0. The summed E-state index contributed by atoms with van der Waals surface area (Å²) in [7, 11) is 1.57. The summed E-state index contributed by atoms with van der Waals surface area (Å²) in [6.45, 7) is 2.99. The second-order valence-electron chi connectivity index (χ2n) is 4.92. The third-order valence-electron chi connectivity index (χ3n) is 3.41. The van der Waals surface area contributed by atoms with Gasteiger partial charge in [0, 0.05) is 17.6 Å². The van der Waals surface area contributed by atoms with E-state index in [9.17, 15) is 4.79 Å². The molecule has 2 atom stereocenters. The lowest BCUT2D eigenvalue weighted by atomic mass is 9.92. The monoisotopic (exact) mass is 318 g/mol. The van der Waals surface area contributed by atoms with E-state index in [-0.39, 0.29) is 24.2 Å². The summed E-state index contributed by atoms with van der Waals surface area (Å²) >= 11 is 6.04. The van der Waals surface area contributed by atoms with Gasteiger partial charge in [-0.1, -0.05) is 11.6 Å². The average Bonchev–Trinajstić information content (AvgIpc) is 2.39. The number of carbonyl (C=O) groups is 1. The summed E-state index contributed by atoms with van der Waals surface area (Å²) in [5.74, 6) is 0.738. The third-order valence-corrected chi connectivity index (χ3v) is 3.71. The molecule has 1 fully saturated rings. The van der Waals surface area contributed by atoms with Gasteiger partial charge in [0.05, 0.1) is 12.1 Å². The molecule has 0 unspecified atom stereocenters. The molecule has 2 rings (SSSR count). The average molecular weight is 319 g/mol. The molecule has 0 aromatic heterocycles. The first-order valence-corrected chi connectivity index (χ1v) is 6.85. The maximum atomic E-state index is 12.2. The smallest absolute Gasteiger partial charge is 0.227 e. The van der Waals surface area contributed by atoms with Gasteiger partial charge >= 0.3 is 0 Å².